The van der Waals surface area contributed by atoms with Crippen LogP contribution in [0.3, 0.4) is 0 Å². The molecule has 0 bridgehead atoms. The van der Waals surface area contributed by atoms with Crippen molar-refractivity contribution in [2.24, 2.45) is 16.0 Å². The smallest absolute Gasteiger partial charge is 0.220 e. The second-order valence-corrected chi connectivity index (χ2v) is 9.36. The van der Waals surface area contributed by atoms with Crippen LogP contribution >= 0.6 is 31.9 Å². The Morgan fingerprint density at radius 2 is 1.52 bits per heavy atom. The van der Waals surface area contributed by atoms with E-state index in [1.807, 2.05) is 48.5 Å². The topological polar surface area (TPSA) is 89.5 Å². The van der Waals surface area contributed by atoms with Crippen molar-refractivity contribution < 1.29 is 14.5 Å². The van der Waals surface area contributed by atoms with Crippen LogP contribution in [-0.2, 0) is 14.5 Å². The number of oxime groups is 2. The van der Waals surface area contributed by atoms with Crippen LogP contribution in [0.4, 0.5) is 0 Å². The summed E-state index contributed by atoms with van der Waals surface area (Å²) in [6.07, 6.45) is -0.199. The predicted octanol–water partition coefficient (Wildman–Crippen LogP) is 4.03. The van der Waals surface area contributed by atoms with E-state index in [0.29, 0.717) is 19.4 Å². The Morgan fingerprint density at radius 3 is 2.06 bits per heavy atom. The molecular weight excluding hydrogens is 528 g/mol. The first-order valence-corrected chi connectivity index (χ1v) is 11.5. The van der Waals surface area contributed by atoms with Crippen molar-refractivity contribution in [2.75, 3.05) is 6.54 Å². The molecular formula is C22H22Br2N4O3. The van der Waals surface area contributed by atoms with Gasteiger partial charge >= 0.3 is 0 Å². The van der Waals surface area contributed by atoms with Gasteiger partial charge in [0.05, 0.1) is 18.0 Å². The average molecular weight is 550 g/mol. The summed E-state index contributed by atoms with van der Waals surface area (Å²) in [6.45, 7) is 1.82. The molecule has 4 rings (SSSR count). The summed E-state index contributed by atoms with van der Waals surface area (Å²) >= 11 is 6.86. The van der Waals surface area contributed by atoms with Crippen LogP contribution < -0.4 is 5.73 Å². The lowest BCUT2D eigenvalue weighted by molar-refractivity contribution is -0.136. The van der Waals surface area contributed by atoms with E-state index in [2.05, 4.69) is 42.2 Å². The Balaban J connectivity index is 1.36. The SMILES string of the molecule is CC(=O)N(CC1CC(c2ccc(Br)cc2)=NO1)C(N)C1CC(c2ccc(Br)cc2)=NO1. The molecule has 3 atom stereocenters. The summed E-state index contributed by atoms with van der Waals surface area (Å²) in [7, 11) is 0. The lowest BCUT2D eigenvalue weighted by atomic mass is 10.0. The van der Waals surface area contributed by atoms with E-state index in [4.69, 9.17) is 15.4 Å². The first-order chi connectivity index (χ1) is 14.9. The highest BCUT2D eigenvalue weighted by Crippen LogP contribution is 2.24. The van der Waals surface area contributed by atoms with Crippen LogP contribution in [0.15, 0.2) is 67.8 Å². The van der Waals surface area contributed by atoms with Crippen molar-refractivity contribution in [3.8, 4) is 0 Å². The van der Waals surface area contributed by atoms with E-state index in [-0.39, 0.29) is 12.0 Å². The fraction of sp³-hybridized carbons (Fsp3) is 0.318. The molecule has 2 aromatic rings. The molecule has 2 aliphatic heterocycles. The summed E-state index contributed by atoms with van der Waals surface area (Å²) in [5.41, 5.74) is 10.1. The maximum Gasteiger partial charge on any atom is 0.220 e. The van der Waals surface area contributed by atoms with Crippen molar-refractivity contribution in [2.45, 2.75) is 38.1 Å². The molecule has 0 aromatic heterocycles. The molecule has 2 heterocycles. The molecule has 0 saturated heterocycles. The number of halogens is 2. The summed E-state index contributed by atoms with van der Waals surface area (Å²) in [6, 6.07) is 15.7. The fourth-order valence-electron chi connectivity index (χ4n) is 3.61. The zero-order valence-electron chi connectivity index (χ0n) is 16.9. The van der Waals surface area contributed by atoms with Gasteiger partial charge in [-0.25, -0.2) is 0 Å². The van der Waals surface area contributed by atoms with Gasteiger partial charge in [-0.15, -0.1) is 0 Å². The minimum atomic E-state index is -0.644. The van der Waals surface area contributed by atoms with Crippen molar-refractivity contribution in [1.29, 1.82) is 0 Å². The van der Waals surface area contributed by atoms with Gasteiger partial charge in [-0.2, -0.15) is 0 Å². The van der Waals surface area contributed by atoms with Crippen molar-refractivity contribution in [3.63, 3.8) is 0 Å². The van der Waals surface area contributed by atoms with E-state index < -0.39 is 12.3 Å². The number of hydrogen-bond acceptors (Lipinski definition) is 6. The predicted molar refractivity (Wildman–Crippen MR) is 126 cm³/mol. The Morgan fingerprint density at radius 1 is 1.00 bits per heavy atom. The first-order valence-electron chi connectivity index (χ1n) is 9.91. The van der Waals surface area contributed by atoms with Crippen LogP contribution in [0.5, 0.6) is 0 Å². The highest BCUT2D eigenvalue weighted by Gasteiger charge is 2.35. The van der Waals surface area contributed by atoms with Crippen LogP contribution in [0.1, 0.15) is 30.9 Å². The number of carbonyl (C=O) groups excluding carboxylic acids is 1. The number of benzene rings is 2. The molecule has 1 amide bonds. The van der Waals surface area contributed by atoms with Gasteiger partial charge < -0.3 is 20.3 Å². The molecule has 0 spiro atoms. The third-order valence-corrected chi connectivity index (χ3v) is 6.38. The van der Waals surface area contributed by atoms with Gasteiger partial charge in [0.1, 0.15) is 6.17 Å². The summed E-state index contributed by atoms with van der Waals surface area (Å²) < 4.78 is 2.00. The van der Waals surface area contributed by atoms with Crippen LogP contribution in [0.25, 0.3) is 0 Å². The molecule has 2 N–H and O–H groups in total. The molecule has 2 aliphatic rings. The van der Waals surface area contributed by atoms with Gasteiger partial charge in [0.25, 0.3) is 0 Å². The van der Waals surface area contributed by atoms with E-state index in [1.54, 1.807) is 4.90 Å². The van der Waals surface area contributed by atoms with Gasteiger partial charge in [-0.05, 0) is 35.4 Å². The molecule has 31 heavy (non-hydrogen) atoms. The molecule has 0 radical (unpaired) electrons. The van der Waals surface area contributed by atoms with E-state index >= 15 is 0 Å². The minimum absolute atomic E-state index is 0.145. The van der Waals surface area contributed by atoms with E-state index in [9.17, 15) is 4.79 Å². The Kier molecular flexibility index (Phi) is 6.74. The fourth-order valence-corrected chi connectivity index (χ4v) is 4.14. The number of carbonyl (C=O) groups is 1. The normalized spacial score (nSPS) is 21.0. The molecule has 9 heteroatoms. The molecule has 162 valence electrons. The van der Waals surface area contributed by atoms with Gasteiger partial charge in [0, 0.05) is 28.7 Å². The van der Waals surface area contributed by atoms with Gasteiger partial charge in [0.2, 0.25) is 5.91 Å². The van der Waals surface area contributed by atoms with Crippen molar-refractivity contribution >= 4 is 49.2 Å². The summed E-state index contributed by atoms with van der Waals surface area (Å²) in [5, 5.41) is 8.41. The first kappa shape index (κ1) is 22.0. The van der Waals surface area contributed by atoms with Crippen LogP contribution in [0.2, 0.25) is 0 Å². The zero-order chi connectivity index (χ0) is 22.0. The molecule has 2 aromatic carbocycles. The maximum absolute atomic E-state index is 12.4. The third-order valence-electron chi connectivity index (χ3n) is 5.33. The van der Waals surface area contributed by atoms with Crippen LogP contribution in [-0.4, -0.2) is 47.1 Å². The van der Waals surface area contributed by atoms with Crippen molar-refractivity contribution in [3.05, 3.63) is 68.6 Å². The Labute approximate surface area is 197 Å². The van der Waals surface area contributed by atoms with Gasteiger partial charge in [-0.3, -0.25) is 4.79 Å². The quantitative estimate of drug-likeness (QED) is 0.551. The lowest BCUT2D eigenvalue weighted by Gasteiger charge is -2.31. The second kappa shape index (κ2) is 9.50. The Hall–Kier alpha value is -2.23. The number of nitrogens with two attached hydrogens (primary N) is 1. The average Bonchev–Trinajstić information content (AvgIpc) is 3.42. The van der Waals surface area contributed by atoms with Gasteiger partial charge in [-0.1, -0.05) is 66.4 Å². The highest BCUT2D eigenvalue weighted by atomic mass is 79.9. The number of amides is 1. The zero-order valence-corrected chi connectivity index (χ0v) is 20.0. The van der Waals surface area contributed by atoms with E-state index in [0.717, 1.165) is 31.5 Å². The minimum Gasteiger partial charge on any atom is -0.390 e. The third kappa shape index (κ3) is 5.16. The molecule has 0 saturated carbocycles. The Bertz CT molecular complexity index is 1010. The number of hydrogen-bond donors (Lipinski definition) is 1. The largest absolute Gasteiger partial charge is 0.390 e. The van der Waals surface area contributed by atoms with Crippen LogP contribution in [0, 0.1) is 0 Å². The lowest BCUT2D eigenvalue weighted by Crippen LogP contribution is -2.54. The number of nitrogens with zero attached hydrogens (tertiary/aromatic N) is 3. The molecule has 0 aliphatic carbocycles. The van der Waals surface area contributed by atoms with Crippen molar-refractivity contribution in [1.82, 2.24) is 4.90 Å². The maximum atomic E-state index is 12.4. The second-order valence-electron chi connectivity index (χ2n) is 7.53. The standard InChI is InChI=1S/C22H22Br2N4O3/c1-13(29)28(12-18-10-19(26-30-18)14-2-6-16(23)7-3-14)22(25)21-11-20(27-31-21)15-4-8-17(24)9-5-15/h2-9,18,21-22H,10-12,25H2,1H3. The monoisotopic (exact) mass is 548 g/mol. The molecule has 3 unspecified atom stereocenters. The summed E-state index contributed by atoms with van der Waals surface area (Å²) in [4.78, 5) is 25.1. The molecule has 0 fully saturated rings. The van der Waals surface area contributed by atoms with E-state index in [1.165, 1.54) is 6.92 Å². The highest BCUT2D eigenvalue weighted by molar-refractivity contribution is 9.10. The number of rotatable bonds is 6. The molecule has 7 nitrogen and oxygen atoms in total. The summed E-state index contributed by atoms with van der Waals surface area (Å²) in [5.74, 6) is -0.145. The van der Waals surface area contributed by atoms with Gasteiger partial charge in [0.15, 0.2) is 12.2 Å².